The molecule has 0 aliphatic heterocycles. The van der Waals surface area contributed by atoms with Crippen LogP contribution in [0, 0.1) is 0 Å². The second kappa shape index (κ2) is 6.98. The summed E-state index contributed by atoms with van der Waals surface area (Å²) in [6.07, 6.45) is 1.27. The summed E-state index contributed by atoms with van der Waals surface area (Å²) in [6, 6.07) is 2.50. The van der Waals surface area contributed by atoms with Gasteiger partial charge in [0.05, 0.1) is 0 Å². The van der Waals surface area contributed by atoms with Crippen molar-refractivity contribution in [2.24, 2.45) is 0 Å². The third kappa shape index (κ3) is 3.96. The van der Waals surface area contributed by atoms with E-state index >= 15 is 0 Å². The third-order valence-corrected chi connectivity index (χ3v) is 10.4. The minimum absolute atomic E-state index is 0.893. The van der Waals surface area contributed by atoms with E-state index in [-0.39, 0.29) is 0 Å². The van der Waals surface area contributed by atoms with Gasteiger partial charge in [0.2, 0.25) is 0 Å². The van der Waals surface area contributed by atoms with Gasteiger partial charge in [-0.2, -0.15) is 11.2 Å². The van der Waals surface area contributed by atoms with Crippen molar-refractivity contribution in [2.75, 3.05) is 12.4 Å². The van der Waals surface area contributed by atoms with Crippen LogP contribution < -0.4 is 0 Å². The van der Waals surface area contributed by atoms with Gasteiger partial charge in [-0.25, -0.2) is 0 Å². The van der Waals surface area contributed by atoms with Gasteiger partial charge in [0, 0.05) is 6.61 Å². The standard InChI is InChI=1S/C9H22OSSi/c1-5-9-11-12(7-3,8-4)10-6-2/h5-9H2,1-4H3. The van der Waals surface area contributed by atoms with Gasteiger partial charge in [0.1, 0.15) is 0 Å². The first-order chi connectivity index (χ1) is 5.74. The molecule has 0 aromatic rings. The molecule has 3 heteroatoms. The van der Waals surface area contributed by atoms with Gasteiger partial charge in [-0.3, -0.25) is 0 Å². The molecule has 0 unspecified atom stereocenters. The Bertz CT molecular complexity index is 105. The summed E-state index contributed by atoms with van der Waals surface area (Å²) >= 11 is 2.11. The smallest absolute Gasteiger partial charge is 0.253 e. The van der Waals surface area contributed by atoms with Crippen molar-refractivity contribution in [3.8, 4) is 0 Å². The number of hydrogen-bond donors (Lipinski definition) is 0. The Morgan fingerprint density at radius 2 is 1.67 bits per heavy atom. The largest absolute Gasteiger partial charge is 0.407 e. The fourth-order valence-electron chi connectivity index (χ4n) is 1.25. The van der Waals surface area contributed by atoms with E-state index in [0.29, 0.717) is 0 Å². The highest BCUT2D eigenvalue weighted by Crippen LogP contribution is 2.30. The predicted molar refractivity (Wildman–Crippen MR) is 61.1 cm³/mol. The summed E-state index contributed by atoms with van der Waals surface area (Å²) in [6.45, 7) is 9.79. The van der Waals surface area contributed by atoms with E-state index in [9.17, 15) is 0 Å². The van der Waals surface area contributed by atoms with Crippen molar-refractivity contribution in [3.63, 3.8) is 0 Å². The highest BCUT2D eigenvalue weighted by molar-refractivity contribution is 8.28. The second-order valence-electron chi connectivity index (χ2n) is 2.90. The first kappa shape index (κ1) is 12.5. The Morgan fingerprint density at radius 3 is 2.00 bits per heavy atom. The quantitative estimate of drug-likeness (QED) is 0.588. The van der Waals surface area contributed by atoms with Crippen LogP contribution in [0.5, 0.6) is 0 Å². The molecule has 0 amide bonds. The molecule has 12 heavy (non-hydrogen) atoms. The molecular formula is C9H22OSSi. The zero-order chi connectivity index (χ0) is 9.45. The lowest BCUT2D eigenvalue weighted by molar-refractivity contribution is 0.337. The molecule has 0 aliphatic carbocycles. The van der Waals surface area contributed by atoms with Gasteiger partial charge in [-0.1, -0.05) is 20.8 Å². The van der Waals surface area contributed by atoms with E-state index in [0.717, 1.165) is 6.61 Å². The average Bonchev–Trinajstić information content (AvgIpc) is 2.13. The molecule has 74 valence electrons. The number of rotatable bonds is 7. The van der Waals surface area contributed by atoms with Crippen molar-refractivity contribution in [1.29, 1.82) is 0 Å². The first-order valence-corrected chi connectivity index (χ1v) is 9.05. The zero-order valence-electron chi connectivity index (χ0n) is 8.85. The maximum absolute atomic E-state index is 5.93. The van der Waals surface area contributed by atoms with Crippen molar-refractivity contribution >= 4 is 18.7 Å². The van der Waals surface area contributed by atoms with E-state index in [1.807, 2.05) is 0 Å². The van der Waals surface area contributed by atoms with E-state index in [1.54, 1.807) is 0 Å². The fraction of sp³-hybridized carbons (Fsp3) is 1.00. The van der Waals surface area contributed by atoms with E-state index in [2.05, 4.69) is 38.9 Å². The van der Waals surface area contributed by atoms with Crippen molar-refractivity contribution in [2.45, 2.75) is 46.2 Å². The van der Waals surface area contributed by atoms with Gasteiger partial charge >= 0.3 is 0 Å². The van der Waals surface area contributed by atoms with Crippen LogP contribution in [-0.4, -0.2) is 19.8 Å². The maximum atomic E-state index is 5.93. The van der Waals surface area contributed by atoms with E-state index in [4.69, 9.17) is 4.43 Å². The van der Waals surface area contributed by atoms with Gasteiger partial charge in [-0.05, 0) is 31.2 Å². The van der Waals surface area contributed by atoms with Gasteiger partial charge in [-0.15, -0.1) is 0 Å². The molecule has 0 saturated carbocycles. The van der Waals surface area contributed by atoms with Crippen LogP contribution in [0.1, 0.15) is 34.1 Å². The Kier molecular flexibility index (Phi) is 7.29. The Balaban J connectivity index is 3.95. The van der Waals surface area contributed by atoms with Gasteiger partial charge in [0.25, 0.3) is 7.47 Å². The van der Waals surface area contributed by atoms with Crippen LogP contribution >= 0.6 is 11.2 Å². The highest BCUT2D eigenvalue weighted by Gasteiger charge is 2.30. The summed E-state index contributed by atoms with van der Waals surface area (Å²) in [5.41, 5.74) is 0. The van der Waals surface area contributed by atoms with Crippen molar-refractivity contribution in [1.82, 2.24) is 0 Å². The zero-order valence-corrected chi connectivity index (χ0v) is 10.7. The lowest BCUT2D eigenvalue weighted by atomic mass is 10.6. The molecule has 1 nitrogen and oxygen atoms in total. The van der Waals surface area contributed by atoms with E-state index < -0.39 is 7.47 Å². The highest BCUT2D eigenvalue weighted by atomic mass is 32.4. The summed E-state index contributed by atoms with van der Waals surface area (Å²) in [4.78, 5) is 0. The Morgan fingerprint density at radius 1 is 1.08 bits per heavy atom. The van der Waals surface area contributed by atoms with Crippen LogP contribution in [0.25, 0.3) is 0 Å². The summed E-state index contributed by atoms with van der Waals surface area (Å²) in [7, 11) is -1.35. The molecule has 0 radical (unpaired) electrons. The second-order valence-corrected chi connectivity index (χ2v) is 10.2. The van der Waals surface area contributed by atoms with Crippen LogP contribution in [-0.2, 0) is 4.43 Å². The molecule has 0 fully saturated rings. The molecule has 0 atom stereocenters. The molecule has 0 rings (SSSR count). The number of hydrogen-bond acceptors (Lipinski definition) is 2. The van der Waals surface area contributed by atoms with Crippen LogP contribution in [0.2, 0.25) is 12.1 Å². The average molecular weight is 206 g/mol. The first-order valence-electron chi connectivity index (χ1n) is 5.02. The fourth-order valence-corrected chi connectivity index (χ4v) is 7.31. The molecule has 0 saturated heterocycles. The topological polar surface area (TPSA) is 9.23 Å². The summed E-state index contributed by atoms with van der Waals surface area (Å²) < 4.78 is 5.93. The monoisotopic (exact) mass is 206 g/mol. The molecule has 0 spiro atoms. The normalized spacial score (nSPS) is 12.0. The summed E-state index contributed by atoms with van der Waals surface area (Å²) in [5, 5.41) is 0. The lowest BCUT2D eigenvalue weighted by Gasteiger charge is -2.27. The molecule has 0 bridgehead atoms. The molecule has 0 aromatic carbocycles. The van der Waals surface area contributed by atoms with Crippen molar-refractivity contribution in [3.05, 3.63) is 0 Å². The minimum Gasteiger partial charge on any atom is -0.407 e. The minimum atomic E-state index is -1.35. The molecule has 0 aliphatic rings. The molecule has 0 N–H and O–H groups in total. The Hall–Kier alpha value is 0.527. The third-order valence-electron chi connectivity index (χ3n) is 2.05. The molecule has 0 heterocycles. The lowest BCUT2D eigenvalue weighted by Crippen LogP contribution is -2.33. The van der Waals surface area contributed by atoms with Crippen LogP contribution in [0.3, 0.4) is 0 Å². The Labute approximate surface area is 82.0 Å². The van der Waals surface area contributed by atoms with Crippen LogP contribution in [0.4, 0.5) is 0 Å². The predicted octanol–water partition coefficient (Wildman–Crippen LogP) is 3.65. The van der Waals surface area contributed by atoms with Crippen molar-refractivity contribution < 1.29 is 4.43 Å². The molecular weight excluding hydrogens is 184 g/mol. The van der Waals surface area contributed by atoms with Gasteiger partial charge < -0.3 is 4.43 Å². The van der Waals surface area contributed by atoms with Crippen LogP contribution in [0.15, 0.2) is 0 Å². The van der Waals surface area contributed by atoms with E-state index in [1.165, 1.54) is 24.3 Å². The SMILES string of the molecule is CCCS[Si](CC)(CC)OCC. The summed E-state index contributed by atoms with van der Waals surface area (Å²) in [5.74, 6) is 1.27. The maximum Gasteiger partial charge on any atom is 0.253 e. The molecule has 0 aromatic heterocycles. The van der Waals surface area contributed by atoms with Gasteiger partial charge in [0.15, 0.2) is 0 Å².